The molecule has 236 valence electrons. The molecule has 2 aromatic heterocycles. The van der Waals surface area contributed by atoms with Gasteiger partial charge in [0.25, 0.3) is 10.1 Å². The summed E-state index contributed by atoms with van der Waals surface area (Å²) in [5, 5.41) is 17.8. The minimum absolute atomic E-state index is 0.0642. The molecule has 0 saturated carbocycles. The Hall–Kier alpha value is -4.29. The highest BCUT2D eigenvalue weighted by molar-refractivity contribution is 7.87. The molecule has 5 rings (SSSR count). The molecule has 0 aliphatic heterocycles. The molecule has 5 aromatic rings. The van der Waals surface area contributed by atoms with E-state index >= 15 is 0 Å². The topological polar surface area (TPSA) is 179 Å². The minimum Gasteiger partial charge on any atom is -0.493 e. The van der Waals surface area contributed by atoms with Crippen molar-refractivity contribution >= 4 is 75.4 Å². The number of aromatic nitrogens is 2. The first-order chi connectivity index (χ1) is 21.3. The van der Waals surface area contributed by atoms with Crippen LogP contribution in [0.5, 0.6) is 11.5 Å². The number of carboxylic acids is 1. The standard InChI is InChI=1S/C28H26N4O9S4/c1-4-31-20-10-8-18(44(35,36)37)15-24(20)42-27(31)29-30-28-32(5-2)21-11-9-19(16-25(21)43-28)45(38,39)41-22-12-6-17(7-13-26(33)34)14-23(22)40-3/h6-16H,4-5H2,1-3H3,(H,33,34)(H,35,36,37). The number of rotatable bonds is 10. The Labute approximate surface area is 265 Å². The third kappa shape index (κ3) is 6.71. The van der Waals surface area contributed by atoms with Crippen molar-refractivity contribution in [2.75, 3.05) is 7.11 Å². The molecule has 13 nitrogen and oxygen atoms in total. The van der Waals surface area contributed by atoms with Gasteiger partial charge in [0.2, 0.25) is 9.60 Å². The summed E-state index contributed by atoms with van der Waals surface area (Å²) in [6, 6.07) is 13.2. The summed E-state index contributed by atoms with van der Waals surface area (Å²) in [6.45, 7) is 4.89. The molecule has 0 atom stereocenters. The number of nitrogens with zero attached hydrogens (tertiary/aromatic N) is 4. The van der Waals surface area contributed by atoms with Crippen molar-refractivity contribution in [1.82, 2.24) is 9.13 Å². The van der Waals surface area contributed by atoms with Gasteiger partial charge in [-0.3, -0.25) is 4.55 Å². The lowest BCUT2D eigenvalue weighted by Gasteiger charge is -2.11. The molecule has 0 amide bonds. The van der Waals surface area contributed by atoms with Gasteiger partial charge in [-0.1, -0.05) is 28.7 Å². The van der Waals surface area contributed by atoms with E-state index in [0.717, 1.165) is 17.1 Å². The second kappa shape index (κ2) is 12.6. The maximum absolute atomic E-state index is 13.3. The zero-order chi connectivity index (χ0) is 32.5. The highest BCUT2D eigenvalue weighted by Gasteiger charge is 2.21. The molecule has 0 aliphatic rings. The molecule has 0 saturated heterocycles. The zero-order valence-electron chi connectivity index (χ0n) is 23.9. The normalized spacial score (nSPS) is 13.3. The molecule has 0 spiro atoms. The summed E-state index contributed by atoms with van der Waals surface area (Å²) in [4.78, 5) is 11.5. The van der Waals surface area contributed by atoms with Crippen molar-refractivity contribution in [3.63, 3.8) is 0 Å². The van der Waals surface area contributed by atoms with Gasteiger partial charge in [-0.05, 0) is 74.0 Å². The number of thiazole rings is 2. The quantitative estimate of drug-likeness (QED) is 0.0936. The molecule has 0 radical (unpaired) electrons. The molecule has 0 aliphatic carbocycles. The van der Waals surface area contributed by atoms with Crippen molar-refractivity contribution in [1.29, 1.82) is 0 Å². The Morgan fingerprint density at radius 3 is 1.91 bits per heavy atom. The smallest absolute Gasteiger partial charge is 0.339 e. The van der Waals surface area contributed by atoms with Gasteiger partial charge in [-0.25, -0.2) is 4.79 Å². The fraction of sp³-hybridized carbons (Fsp3) is 0.179. The van der Waals surface area contributed by atoms with Crippen molar-refractivity contribution in [3.05, 3.63) is 75.8 Å². The van der Waals surface area contributed by atoms with Gasteiger partial charge >= 0.3 is 16.1 Å². The van der Waals surface area contributed by atoms with E-state index in [9.17, 15) is 26.2 Å². The summed E-state index contributed by atoms with van der Waals surface area (Å²) < 4.78 is 74.8. The molecule has 45 heavy (non-hydrogen) atoms. The van der Waals surface area contributed by atoms with Gasteiger partial charge in [-0.2, -0.15) is 16.8 Å². The highest BCUT2D eigenvalue weighted by atomic mass is 32.2. The summed E-state index contributed by atoms with van der Waals surface area (Å²) in [7, 11) is -7.31. The first kappa shape index (κ1) is 32.1. The first-order valence-electron chi connectivity index (χ1n) is 13.2. The number of carboxylic acid groups (broad SMARTS) is 1. The van der Waals surface area contributed by atoms with Crippen LogP contribution in [0.1, 0.15) is 19.4 Å². The van der Waals surface area contributed by atoms with Gasteiger partial charge in [0.05, 0.1) is 32.4 Å². The molecule has 0 fully saturated rings. The fourth-order valence-corrected chi connectivity index (χ4v) is 8.26. The van der Waals surface area contributed by atoms with E-state index < -0.39 is 26.2 Å². The Bertz CT molecular complexity index is 2350. The third-order valence-electron chi connectivity index (χ3n) is 6.55. The van der Waals surface area contributed by atoms with Crippen molar-refractivity contribution in [2.24, 2.45) is 10.2 Å². The number of carbonyl (C=O) groups is 1. The van der Waals surface area contributed by atoms with Crippen molar-refractivity contribution in [3.8, 4) is 11.5 Å². The number of methoxy groups -OCH3 is 1. The van der Waals surface area contributed by atoms with Gasteiger partial charge in [0.15, 0.2) is 11.5 Å². The average molecular weight is 691 g/mol. The lowest BCUT2D eigenvalue weighted by molar-refractivity contribution is -0.131. The number of fused-ring (bicyclic) bond motifs is 2. The van der Waals surface area contributed by atoms with Crippen LogP contribution >= 0.6 is 22.7 Å². The van der Waals surface area contributed by atoms with Crippen molar-refractivity contribution < 1.29 is 40.2 Å². The molecule has 0 unspecified atom stereocenters. The minimum atomic E-state index is -4.36. The number of ether oxygens (including phenoxy) is 1. The Kier molecular flexibility index (Phi) is 8.99. The van der Waals surface area contributed by atoms with Crippen LogP contribution < -0.4 is 18.5 Å². The van der Waals surface area contributed by atoms with Crippen LogP contribution in [0.3, 0.4) is 0 Å². The molecule has 2 heterocycles. The van der Waals surface area contributed by atoms with E-state index in [0.29, 0.717) is 37.7 Å². The van der Waals surface area contributed by atoms with Crippen LogP contribution in [0.25, 0.3) is 26.5 Å². The second-order valence-electron chi connectivity index (χ2n) is 9.31. The molecule has 3 aromatic carbocycles. The summed E-state index contributed by atoms with van der Waals surface area (Å²) in [5.74, 6) is -1.09. The molecular formula is C28H26N4O9S4. The molecular weight excluding hydrogens is 665 g/mol. The third-order valence-corrected chi connectivity index (χ3v) is 10.7. The van der Waals surface area contributed by atoms with Gasteiger partial charge in [-0.15, -0.1) is 10.2 Å². The lowest BCUT2D eigenvalue weighted by Crippen LogP contribution is -2.16. The van der Waals surface area contributed by atoms with Crippen LogP contribution in [0.15, 0.2) is 80.7 Å². The number of benzene rings is 3. The van der Waals surface area contributed by atoms with E-state index in [1.165, 1.54) is 78.3 Å². The van der Waals surface area contributed by atoms with Crippen LogP contribution in [-0.2, 0) is 38.1 Å². The second-order valence-corrected chi connectivity index (χ2v) is 14.3. The fourth-order valence-electron chi connectivity index (χ4n) is 4.46. The summed E-state index contributed by atoms with van der Waals surface area (Å²) in [6.07, 6.45) is 2.29. The molecule has 0 bridgehead atoms. The summed E-state index contributed by atoms with van der Waals surface area (Å²) >= 11 is 2.45. The van der Waals surface area contributed by atoms with Crippen LogP contribution in [-0.4, -0.2) is 48.7 Å². The highest BCUT2D eigenvalue weighted by Crippen LogP contribution is 2.32. The molecule has 2 N–H and O–H groups in total. The lowest BCUT2D eigenvalue weighted by atomic mass is 10.2. The van der Waals surface area contributed by atoms with E-state index in [2.05, 4.69) is 10.2 Å². The Morgan fingerprint density at radius 1 is 0.844 bits per heavy atom. The van der Waals surface area contributed by atoms with Crippen LogP contribution in [0, 0.1) is 0 Å². The van der Waals surface area contributed by atoms with E-state index in [1.54, 1.807) is 12.1 Å². The average Bonchev–Trinajstić information content (AvgIpc) is 3.54. The SMILES string of the molecule is CCn1c(=NN=c2sc3cc(S(=O)(=O)Oc4ccc(C=CC(=O)O)cc4OC)ccc3n2CC)sc2cc(S(=O)(=O)O)ccc21. The van der Waals surface area contributed by atoms with Crippen molar-refractivity contribution in [2.45, 2.75) is 36.7 Å². The van der Waals surface area contributed by atoms with Crippen LogP contribution in [0.4, 0.5) is 0 Å². The van der Waals surface area contributed by atoms with E-state index in [4.69, 9.17) is 14.0 Å². The van der Waals surface area contributed by atoms with Gasteiger partial charge in [0, 0.05) is 19.2 Å². The summed E-state index contributed by atoms with van der Waals surface area (Å²) in [5.41, 5.74) is 1.95. The Morgan fingerprint density at radius 2 is 1.40 bits per heavy atom. The monoisotopic (exact) mass is 690 g/mol. The number of aliphatic carboxylic acids is 1. The predicted molar refractivity (Wildman–Crippen MR) is 169 cm³/mol. The number of hydrogen-bond acceptors (Lipinski definition) is 11. The van der Waals surface area contributed by atoms with Crippen LogP contribution in [0.2, 0.25) is 0 Å². The number of aryl methyl sites for hydroxylation is 2. The Balaban J connectivity index is 1.53. The van der Waals surface area contributed by atoms with Gasteiger partial charge in [0.1, 0.15) is 4.90 Å². The number of hydrogen-bond donors (Lipinski definition) is 2. The van der Waals surface area contributed by atoms with E-state index in [-0.39, 0.29) is 21.3 Å². The zero-order valence-corrected chi connectivity index (χ0v) is 27.2. The predicted octanol–water partition coefficient (Wildman–Crippen LogP) is 4.30. The van der Waals surface area contributed by atoms with Gasteiger partial charge < -0.3 is 23.2 Å². The maximum atomic E-state index is 13.3. The van der Waals surface area contributed by atoms with E-state index in [1.807, 2.05) is 23.0 Å². The first-order valence-corrected chi connectivity index (χ1v) is 17.7. The largest absolute Gasteiger partial charge is 0.493 e. The maximum Gasteiger partial charge on any atom is 0.339 e. The molecule has 17 heteroatoms.